The van der Waals surface area contributed by atoms with Crippen LogP contribution in [0.25, 0.3) is 0 Å². The quantitative estimate of drug-likeness (QED) is 0.341. The minimum absolute atomic E-state index is 0. The number of hydrogen-bond acceptors (Lipinski definition) is 3. The minimum atomic E-state index is -3.39. The molecule has 3 rings (SSSR count). The Morgan fingerprint density at radius 1 is 1.03 bits per heavy atom. The van der Waals surface area contributed by atoms with E-state index in [0.717, 1.165) is 24.0 Å². The maximum absolute atomic E-state index is 13.2. The number of sulfonamides is 1. The summed E-state index contributed by atoms with van der Waals surface area (Å²) >= 11 is 0. The summed E-state index contributed by atoms with van der Waals surface area (Å²) in [5.74, 6) is 0.309. The Bertz CT molecular complexity index is 930. The summed E-state index contributed by atoms with van der Waals surface area (Å²) in [6, 6.07) is 13.3. The van der Waals surface area contributed by atoms with Gasteiger partial charge in [-0.05, 0) is 48.2 Å². The second-order valence-corrected chi connectivity index (χ2v) is 8.60. The van der Waals surface area contributed by atoms with E-state index in [-0.39, 0.29) is 29.8 Å². The molecule has 158 valence electrons. The van der Waals surface area contributed by atoms with Gasteiger partial charge in [-0.25, -0.2) is 12.8 Å². The molecule has 0 atom stereocenters. The highest BCUT2D eigenvalue weighted by Crippen LogP contribution is 2.21. The molecule has 29 heavy (non-hydrogen) atoms. The third-order valence-electron chi connectivity index (χ3n) is 4.66. The average molecular weight is 532 g/mol. The van der Waals surface area contributed by atoms with Gasteiger partial charge < -0.3 is 10.6 Å². The fourth-order valence-corrected chi connectivity index (χ4v) is 4.61. The Hall–Kier alpha value is -1.72. The monoisotopic (exact) mass is 532 g/mol. The molecule has 0 spiro atoms. The van der Waals surface area contributed by atoms with Gasteiger partial charge in [0, 0.05) is 33.2 Å². The molecule has 6 nitrogen and oxygen atoms in total. The van der Waals surface area contributed by atoms with Crippen molar-refractivity contribution in [1.29, 1.82) is 0 Å². The first-order chi connectivity index (χ1) is 13.5. The normalized spacial score (nSPS) is 15.0. The molecule has 2 N–H and O–H groups in total. The molecule has 0 radical (unpaired) electrons. The van der Waals surface area contributed by atoms with Crippen LogP contribution >= 0.6 is 24.0 Å². The van der Waals surface area contributed by atoms with Crippen molar-refractivity contribution in [3.05, 3.63) is 65.5 Å². The van der Waals surface area contributed by atoms with Crippen molar-refractivity contribution in [1.82, 2.24) is 14.9 Å². The van der Waals surface area contributed by atoms with Gasteiger partial charge >= 0.3 is 0 Å². The van der Waals surface area contributed by atoms with Crippen molar-refractivity contribution < 1.29 is 12.8 Å². The fourth-order valence-electron chi connectivity index (χ4n) is 3.10. The zero-order valence-electron chi connectivity index (χ0n) is 16.3. The molecule has 0 aromatic heterocycles. The molecule has 1 aliphatic rings. The topological polar surface area (TPSA) is 73.8 Å². The molecule has 0 unspecified atom stereocenters. The molecule has 2 aromatic carbocycles. The van der Waals surface area contributed by atoms with Gasteiger partial charge in [-0.1, -0.05) is 24.3 Å². The van der Waals surface area contributed by atoms with Crippen LogP contribution in [0.1, 0.15) is 24.0 Å². The molecule has 9 heteroatoms. The van der Waals surface area contributed by atoms with E-state index in [0.29, 0.717) is 37.0 Å². The zero-order chi connectivity index (χ0) is 20.0. The van der Waals surface area contributed by atoms with Gasteiger partial charge in [-0.2, -0.15) is 4.31 Å². The van der Waals surface area contributed by atoms with E-state index in [4.69, 9.17) is 0 Å². The number of nitrogens with one attached hydrogen (secondary N) is 2. The second kappa shape index (κ2) is 10.9. The van der Waals surface area contributed by atoms with Crippen LogP contribution in [0.4, 0.5) is 4.39 Å². The van der Waals surface area contributed by atoms with E-state index in [2.05, 4.69) is 15.6 Å². The average Bonchev–Trinajstić information content (AvgIpc) is 3.24. The van der Waals surface area contributed by atoms with Gasteiger partial charge in [0.15, 0.2) is 5.96 Å². The van der Waals surface area contributed by atoms with Crippen molar-refractivity contribution in [3.63, 3.8) is 0 Å². The molecule has 0 saturated carbocycles. The highest BCUT2D eigenvalue weighted by molar-refractivity contribution is 14.0. The molecule has 0 aliphatic carbocycles. The van der Waals surface area contributed by atoms with Crippen LogP contribution < -0.4 is 10.6 Å². The molecule has 1 fully saturated rings. The van der Waals surface area contributed by atoms with E-state index in [1.165, 1.54) is 12.1 Å². The van der Waals surface area contributed by atoms with Crippen LogP contribution in [0.3, 0.4) is 0 Å². The van der Waals surface area contributed by atoms with Gasteiger partial charge in [-0.3, -0.25) is 4.99 Å². The third-order valence-corrected chi connectivity index (χ3v) is 6.57. The Morgan fingerprint density at radius 3 is 2.24 bits per heavy atom. The highest BCUT2D eigenvalue weighted by atomic mass is 127. The van der Waals surface area contributed by atoms with Gasteiger partial charge in [0.05, 0.1) is 4.90 Å². The van der Waals surface area contributed by atoms with Gasteiger partial charge in [0.25, 0.3) is 0 Å². The first-order valence-corrected chi connectivity index (χ1v) is 10.7. The largest absolute Gasteiger partial charge is 0.352 e. The van der Waals surface area contributed by atoms with Crippen LogP contribution in [-0.4, -0.2) is 38.8 Å². The second-order valence-electron chi connectivity index (χ2n) is 6.66. The predicted octanol–water partition coefficient (Wildman–Crippen LogP) is 3.09. The Balaban J connectivity index is 0.00000300. The van der Waals surface area contributed by atoms with Crippen LogP contribution in [0.5, 0.6) is 0 Å². The Kier molecular flexibility index (Phi) is 8.84. The lowest BCUT2D eigenvalue weighted by atomic mass is 10.2. The first kappa shape index (κ1) is 23.6. The molecule has 1 saturated heterocycles. The maximum Gasteiger partial charge on any atom is 0.243 e. The summed E-state index contributed by atoms with van der Waals surface area (Å²) in [5.41, 5.74) is 1.76. The van der Waals surface area contributed by atoms with E-state index in [1.807, 2.05) is 6.07 Å². The summed E-state index contributed by atoms with van der Waals surface area (Å²) < 4.78 is 39.9. The lowest BCUT2D eigenvalue weighted by molar-refractivity contribution is 0.477. The molecular formula is C20H26FIN4O2S. The van der Waals surface area contributed by atoms with E-state index < -0.39 is 10.0 Å². The lowest BCUT2D eigenvalue weighted by Crippen LogP contribution is -2.36. The Labute approximate surface area is 188 Å². The molecule has 1 aliphatic heterocycles. The van der Waals surface area contributed by atoms with Gasteiger partial charge in [0.1, 0.15) is 5.82 Å². The van der Waals surface area contributed by atoms with E-state index in [1.54, 1.807) is 41.7 Å². The number of rotatable bonds is 6. The number of aliphatic imine (C=N–C) groups is 1. The summed E-state index contributed by atoms with van der Waals surface area (Å²) in [6.45, 7) is 2.13. The minimum Gasteiger partial charge on any atom is -0.352 e. The number of hydrogen-bond donors (Lipinski definition) is 2. The first-order valence-electron chi connectivity index (χ1n) is 9.27. The predicted molar refractivity (Wildman–Crippen MR) is 123 cm³/mol. The molecule has 2 aromatic rings. The maximum atomic E-state index is 13.2. The highest BCUT2D eigenvalue weighted by Gasteiger charge is 2.26. The number of guanidine groups is 1. The molecular weight excluding hydrogens is 506 g/mol. The van der Waals surface area contributed by atoms with Crippen molar-refractivity contribution in [2.45, 2.75) is 30.8 Å². The van der Waals surface area contributed by atoms with Crippen LogP contribution in [-0.2, 0) is 23.1 Å². The summed E-state index contributed by atoms with van der Waals surface area (Å²) in [5, 5.41) is 6.29. The van der Waals surface area contributed by atoms with Crippen molar-refractivity contribution in [2.75, 3.05) is 20.1 Å². The molecule has 0 amide bonds. The molecule has 0 bridgehead atoms. The van der Waals surface area contributed by atoms with Crippen LogP contribution in [0, 0.1) is 5.82 Å². The number of benzene rings is 2. The van der Waals surface area contributed by atoms with Gasteiger partial charge in [0.2, 0.25) is 10.0 Å². The van der Waals surface area contributed by atoms with Gasteiger partial charge in [-0.15, -0.1) is 24.0 Å². The zero-order valence-corrected chi connectivity index (χ0v) is 19.4. The van der Waals surface area contributed by atoms with Crippen LogP contribution in [0.2, 0.25) is 0 Å². The Morgan fingerprint density at radius 2 is 1.66 bits per heavy atom. The summed E-state index contributed by atoms with van der Waals surface area (Å²) in [7, 11) is -1.73. The molecule has 1 heterocycles. The third kappa shape index (κ3) is 6.38. The van der Waals surface area contributed by atoms with E-state index >= 15 is 0 Å². The number of nitrogens with zero attached hydrogens (tertiary/aromatic N) is 2. The van der Waals surface area contributed by atoms with E-state index in [9.17, 15) is 12.8 Å². The summed E-state index contributed by atoms with van der Waals surface area (Å²) in [4.78, 5) is 4.47. The fraction of sp³-hybridized carbons (Fsp3) is 0.350. The lowest BCUT2D eigenvalue weighted by Gasteiger charge is -2.16. The number of halogens is 2. The van der Waals surface area contributed by atoms with Crippen LogP contribution in [0.15, 0.2) is 58.4 Å². The van der Waals surface area contributed by atoms with Crippen molar-refractivity contribution >= 4 is 40.0 Å². The van der Waals surface area contributed by atoms with Crippen molar-refractivity contribution in [2.24, 2.45) is 4.99 Å². The summed E-state index contributed by atoms with van der Waals surface area (Å²) in [6.07, 6.45) is 1.84. The smallest absolute Gasteiger partial charge is 0.243 e. The standard InChI is InChI=1S/C20H25FN4O2S.HI/c1-22-20(24-15-17-5-4-6-18(21)13-17)23-14-16-7-9-19(10-8-16)28(26,27)25-11-2-3-12-25;/h4-10,13H,2-3,11-12,14-15H2,1H3,(H2,22,23,24);1H. The SMILES string of the molecule is CN=C(NCc1ccc(S(=O)(=O)N2CCCC2)cc1)NCc1cccc(F)c1.I. The van der Waals surface area contributed by atoms with Crippen molar-refractivity contribution in [3.8, 4) is 0 Å².